The Hall–Kier alpha value is -2.98. The minimum absolute atomic E-state index is 0.0886. The summed E-state index contributed by atoms with van der Waals surface area (Å²) in [5.74, 6) is -0.395. The van der Waals surface area contributed by atoms with Gasteiger partial charge in [0.15, 0.2) is 0 Å². The number of benzene rings is 3. The molecule has 0 saturated heterocycles. The molecule has 1 atom stereocenters. The molecule has 0 bridgehead atoms. The fraction of sp³-hybridized carbons (Fsp3) is 0.130. The monoisotopic (exact) mass is 392 g/mol. The molecule has 5 heteroatoms. The number of hydrogen-bond acceptors (Lipinski definition) is 2. The average molecular weight is 393 g/mol. The van der Waals surface area contributed by atoms with Crippen molar-refractivity contribution < 1.29 is 9.18 Å². The van der Waals surface area contributed by atoms with Crippen LogP contribution in [0.25, 0.3) is 0 Å². The molecule has 1 aliphatic heterocycles. The molecule has 3 nitrogen and oxygen atoms in total. The van der Waals surface area contributed by atoms with Crippen molar-refractivity contribution in [2.75, 3.05) is 4.90 Å². The largest absolute Gasteiger partial charge is 0.303 e. The lowest BCUT2D eigenvalue weighted by Gasteiger charge is -2.30. The van der Waals surface area contributed by atoms with Gasteiger partial charge in [-0.1, -0.05) is 48.0 Å². The molecular formula is C23H18ClFN2O. The Morgan fingerprint density at radius 2 is 1.71 bits per heavy atom. The van der Waals surface area contributed by atoms with Crippen molar-refractivity contribution >= 4 is 34.6 Å². The molecule has 1 amide bonds. The van der Waals surface area contributed by atoms with E-state index < -0.39 is 0 Å². The second kappa shape index (κ2) is 7.56. The van der Waals surface area contributed by atoms with Gasteiger partial charge < -0.3 is 4.90 Å². The fourth-order valence-corrected chi connectivity index (χ4v) is 3.69. The number of anilines is 1. The minimum Gasteiger partial charge on any atom is -0.303 e. The summed E-state index contributed by atoms with van der Waals surface area (Å²) in [6.45, 7) is 1.54. The van der Waals surface area contributed by atoms with E-state index in [1.165, 1.54) is 12.1 Å². The summed E-state index contributed by atoms with van der Waals surface area (Å²) in [4.78, 5) is 19.3. The lowest BCUT2D eigenvalue weighted by molar-refractivity contribution is -0.117. The van der Waals surface area contributed by atoms with Crippen molar-refractivity contribution in [1.82, 2.24) is 0 Å². The lowest BCUT2D eigenvalue weighted by atomic mass is 9.96. The van der Waals surface area contributed by atoms with Crippen LogP contribution in [-0.4, -0.2) is 11.6 Å². The third kappa shape index (κ3) is 3.56. The molecule has 0 radical (unpaired) electrons. The van der Waals surface area contributed by atoms with Crippen LogP contribution in [0, 0.1) is 5.82 Å². The highest BCUT2D eigenvalue weighted by Gasteiger charge is 2.30. The van der Waals surface area contributed by atoms with Crippen LogP contribution >= 0.6 is 11.6 Å². The number of aliphatic imine (C=N–C) groups is 1. The first-order valence-corrected chi connectivity index (χ1v) is 9.38. The summed E-state index contributed by atoms with van der Waals surface area (Å²) in [5.41, 5.74) is 4.12. The number of rotatable bonds is 2. The summed E-state index contributed by atoms with van der Waals surface area (Å²) in [5, 5.41) is 0.652. The zero-order valence-electron chi connectivity index (χ0n) is 15.3. The second-order valence-electron chi connectivity index (χ2n) is 6.71. The Bertz CT molecular complexity index is 1040. The van der Waals surface area contributed by atoms with Crippen LogP contribution in [0.2, 0.25) is 5.02 Å². The molecule has 3 aromatic carbocycles. The van der Waals surface area contributed by atoms with Crippen LogP contribution < -0.4 is 4.90 Å². The zero-order valence-corrected chi connectivity index (χ0v) is 16.0. The van der Waals surface area contributed by atoms with Gasteiger partial charge in [0.25, 0.3) is 0 Å². The van der Waals surface area contributed by atoms with E-state index in [0.717, 1.165) is 28.2 Å². The molecule has 0 aliphatic carbocycles. The predicted octanol–water partition coefficient (Wildman–Crippen LogP) is 6.10. The van der Waals surface area contributed by atoms with E-state index in [1.54, 1.807) is 24.0 Å². The molecule has 28 heavy (non-hydrogen) atoms. The van der Waals surface area contributed by atoms with Gasteiger partial charge >= 0.3 is 0 Å². The van der Waals surface area contributed by atoms with Crippen molar-refractivity contribution in [3.05, 3.63) is 94.8 Å². The van der Waals surface area contributed by atoms with E-state index in [2.05, 4.69) is 0 Å². The van der Waals surface area contributed by atoms with Crippen molar-refractivity contribution in [1.29, 1.82) is 0 Å². The van der Waals surface area contributed by atoms with Crippen LogP contribution in [-0.2, 0) is 4.79 Å². The van der Waals surface area contributed by atoms with Crippen molar-refractivity contribution in [3.8, 4) is 0 Å². The average Bonchev–Trinajstić information content (AvgIpc) is 2.86. The summed E-state index contributed by atoms with van der Waals surface area (Å²) < 4.78 is 13.5. The van der Waals surface area contributed by atoms with E-state index in [-0.39, 0.29) is 17.8 Å². The molecule has 140 valence electrons. The van der Waals surface area contributed by atoms with E-state index in [0.29, 0.717) is 11.4 Å². The molecular weight excluding hydrogens is 375 g/mol. The summed E-state index contributed by atoms with van der Waals surface area (Å²) in [7, 11) is 0. The summed E-state index contributed by atoms with van der Waals surface area (Å²) in [6.07, 6.45) is 0.502. The van der Waals surface area contributed by atoms with E-state index in [4.69, 9.17) is 16.6 Å². The minimum atomic E-state index is -0.307. The van der Waals surface area contributed by atoms with Gasteiger partial charge in [0.2, 0.25) is 5.91 Å². The maximum Gasteiger partial charge on any atom is 0.224 e. The van der Waals surface area contributed by atoms with Gasteiger partial charge in [0.1, 0.15) is 5.82 Å². The van der Waals surface area contributed by atoms with Gasteiger partial charge in [-0.2, -0.15) is 0 Å². The van der Waals surface area contributed by atoms with Gasteiger partial charge in [-0.3, -0.25) is 9.79 Å². The molecule has 0 saturated carbocycles. The smallest absolute Gasteiger partial charge is 0.224 e. The first-order valence-electron chi connectivity index (χ1n) is 9.01. The second-order valence-corrected chi connectivity index (χ2v) is 7.15. The third-order valence-corrected chi connectivity index (χ3v) is 5.12. The molecule has 3 aromatic rings. The molecule has 4 rings (SSSR count). The number of fused-ring (bicyclic) bond motifs is 1. The maximum absolute atomic E-state index is 13.5. The number of carbonyl (C=O) groups excluding carboxylic acids is 1. The van der Waals surface area contributed by atoms with Crippen molar-refractivity contribution in [2.45, 2.75) is 19.4 Å². The number of carbonyl (C=O) groups is 1. The van der Waals surface area contributed by atoms with Crippen LogP contribution in [0.4, 0.5) is 15.8 Å². The number of hydrogen-bond donors (Lipinski definition) is 0. The Labute approximate surface area is 168 Å². The molecule has 0 aromatic heterocycles. The number of para-hydroxylation sites is 2. The molecule has 1 heterocycles. The number of nitrogens with zero attached hydrogens (tertiary/aromatic N) is 2. The van der Waals surface area contributed by atoms with Crippen molar-refractivity contribution in [2.24, 2.45) is 4.99 Å². The van der Waals surface area contributed by atoms with E-state index >= 15 is 0 Å². The topological polar surface area (TPSA) is 32.7 Å². The standard InChI is InChI=1S/C23H18ClFN2O/c1-15(28)27-22-5-3-2-4-20(22)26-21(16-6-10-18(24)11-7-16)14-23(27)17-8-12-19(25)13-9-17/h2-13,23H,14H2,1H3/t23-/m1/s1. The molecule has 0 N–H and O–H groups in total. The van der Waals surface area contributed by atoms with Gasteiger partial charge in [-0.05, 0) is 47.5 Å². The highest BCUT2D eigenvalue weighted by molar-refractivity contribution is 6.30. The van der Waals surface area contributed by atoms with Gasteiger partial charge in [0.05, 0.1) is 23.1 Å². The summed E-state index contributed by atoms with van der Waals surface area (Å²) >= 11 is 6.04. The van der Waals surface area contributed by atoms with E-state index in [9.17, 15) is 9.18 Å². The van der Waals surface area contributed by atoms with Gasteiger partial charge in [-0.15, -0.1) is 0 Å². The number of amides is 1. The van der Waals surface area contributed by atoms with Crippen molar-refractivity contribution in [3.63, 3.8) is 0 Å². The van der Waals surface area contributed by atoms with Crippen LogP contribution in [0.1, 0.15) is 30.5 Å². The normalized spacial score (nSPS) is 16.2. The highest BCUT2D eigenvalue weighted by Crippen LogP contribution is 2.40. The fourth-order valence-electron chi connectivity index (χ4n) is 3.56. The zero-order chi connectivity index (χ0) is 19.7. The predicted molar refractivity (Wildman–Crippen MR) is 111 cm³/mol. The highest BCUT2D eigenvalue weighted by atomic mass is 35.5. The van der Waals surface area contributed by atoms with Crippen LogP contribution in [0.3, 0.4) is 0 Å². The quantitative estimate of drug-likeness (QED) is 0.518. The molecule has 0 spiro atoms. The first kappa shape index (κ1) is 18.4. The number of halogens is 2. The Morgan fingerprint density at radius 3 is 2.39 bits per heavy atom. The first-order chi connectivity index (χ1) is 13.5. The van der Waals surface area contributed by atoms with Gasteiger partial charge in [0, 0.05) is 18.4 Å². The molecule has 0 fully saturated rings. The Kier molecular flexibility index (Phi) is 4.97. The maximum atomic E-state index is 13.5. The Balaban J connectivity index is 1.89. The summed E-state index contributed by atoms with van der Waals surface area (Å²) in [6, 6.07) is 21.1. The van der Waals surface area contributed by atoms with Gasteiger partial charge in [-0.25, -0.2) is 4.39 Å². The SMILES string of the molecule is CC(=O)N1c2ccccc2N=C(c2ccc(Cl)cc2)C[C@@H]1c1ccc(F)cc1. The Morgan fingerprint density at radius 1 is 1.04 bits per heavy atom. The lowest BCUT2D eigenvalue weighted by Crippen LogP contribution is -2.33. The van der Waals surface area contributed by atoms with Crippen LogP contribution in [0.15, 0.2) is 77.8 Å². The third-order valence-electron chi connectivity index (χ3n) is 4.87. The molecule has 1 aliphatic rings. The van der Waals surface area contributed by atoms with Crippen LogP contribution in [0.5, 0.6) is 0 Å². The molecule has 0 unspecified atom stereocenters. The van der Waals surface area contributed by atoms with E-state index in [1.807, 2.05) is 48.5 Å².